The lowest BCUT2D eigenvalue weighted by molar-refractivity contribution is 0.671. The number of hydrogen-bond acceptors (Lipinski definition) is 4. The summed E-state index contributed by atoms with van der Waals surface area (Å²) in [4.78, 5) is 4.47. The summed E-state index contributed by atoms with van der Waals surface area (Å²) in [5.74, 6) is 2.33. The Balaban J connectivity index is 2.71. The van der Waals surface area contributed by atoms with E-state index in [1.807, 2.05) is 27.8 Å². The fourth-order valence-electron chi connectivity index (χ4n) is 2.14. The lowest BCUT2D eigenvalue weighted by Crippen LogP contribution is -2.17. The Hall–Kier alpha value is -2.18. The molecule has 0 saturated heterocycles. The molecule has 2 aromatic heterocycles. The molecule has 2 aromatic rings. The Morgan fingerprint density at radius 2 is 1.95 bits per heavy atom. The van der Waals surface area contributed by atoms with Crippen LogP contribution in [0.1, 0.15) is 36.8 Å². The van der Waals surface area contributed by atoms with Gasteiger partial charge < -0.3 is 5.73 Å². The van der Waals surface area contributed by atoms with E-state index in [-0.39, 0.29) is 5.84 Å². The predicted octanol–water partition coefficient (Wildman–Crippen LogP) is 0.718. The minimum Gasteiger partial charge on any atom is -0.384 e. The van der Waals surface area contributed by atoms with Gasteiger partial charge in [0.15, 0.2) is 11.6 Å². The molecule has 102 valence electrons. The van der Waals surface area contributed by atoms with Gasteiger partial charge in [0, 0.05) is 19.9 Å². The molecule has 7 nitrogen and oxygen atoms in total. The lowest BCUT2D eigenvalue weighted by atomic mass is 10.2. The Bertz CT molecular complexity index is 620. The molecule has 0 spiro atoms. The van der Waals surface area contributed by atoms with Crippen LogP contribution in [0, 0.1) is 12.3 Å². The first-order valence-electron chi connectivity index (χ1n) is 6.32. The first-order valence-corrected chi connectivity index (χ1v) is 6.32. The maximum atomic E-state index is 7.72. The third-order valence-corrected chi connectivity index (χ3v) is 3.01. The van der Waals surface area contributed by atoms with Crippen molar-refractivity contribution in [3.63, 3.8) is 0 Å². The normalized spacial score (nSPS) is 10.9. The van der Waals surface area contributed by atoms with E-state index in [1.54, 1.807) is 9.36 Å². The third-order valence-electron chi connectivity index (χ3n) is 3.01. The van der Waals surface area contributed by atoms with E-state index in [1.165, 1.54) is 0 Å². The number of aromatic nitrogens is 5. The largest absolute Gasteiger partial charge is 0.384 e. The van der Waals surface area contributed by atoms with E-state index in [4.69, 9.17) is 11.1 Å². The van der Waals surface area contributed by atoms with Crippen molar-refractivity contribution in [3.8, 4) is 5.82 Å². The van der Waals surface area contributed by atoms with Crippen molar-refractivity contribution in [2.24, 2.45) is 12.8 Å². The van der Waals surface area contributed by atoms with Gasteiger partial charge in [-0.1, -0.05) is 13.8 Å². The summed E-state index contributed by atoms with van der Waals surface area (Å²) in [6.45, 7) is 5.87. The highest BCUT2D eigenvalue weighted by Gasteiger charge is 2.21. The second kappa shape index (κ2) is 4.83. The van der Waals surface area contributed by atoms with Gasteiger partial charge in [0.2, 0.25) is 0 Å². The van der Waals surface area contributed by atoms with Crippen molar-refractivity contribution in [2.75, 3.05) is 0 Å². The minimum absolute atomic E-state index is 0.00352. The number of nitrogen functional groups attached to an aromatic ring is 1. The maximum absolute atomic E-state index is 7.72. The number of amidine groups is 1. The summed E-state index contributed by atoms with van der Waals surface area (Å²) in [6, 6.07) is 0. The molecule has 0 aliphatic carbocycles. The molecule has 0 atom stereocenters. The molecule has 0 amide bonds. The number of nitrogens with one attached hydrogen (secondary N) is 1. The first-order chi connectivity index (χ1) is 8.99. The summed E-state index contributed by atoms with van der Waals surface area (Å²) < 4.78 is 3.44. The van der Waals surface area contributed by atoms with Gasteiger partial charge in [0.25, 0.3) is 0 Å². The van der Waals surface area contributed by atoms with Crippen molar-refractivity contribution in [3.05, 3.63) is 22.9 Å². The SMILES string of the molecule is CCc1nc(CC)n(-c2c(C(=N)N)c(C)nn2C)n1. The topological polar surface area (TPSA) is 98.4 Å². The average molecular weight is 261 g/mol. The second-order valence-electron chi connectivity index (χ2n) is 4.38. The Kier molecular flexibility index (Phi) is 3.37. The van der Waals surface area contributed by atoms with Gasteiger partial charge in [-0.05, 0) is 6.92 Å². The molecule has 0 unspecified atom stereocenters. The molecule has 0 aliphatic rings. The Morgan fingerprint density at radius 1 is 1.26 bits per heavy atom. The van der Waals surface area contributed by atoms with Crippen molar-refractivity contribution in [2.45, 2.75) is 33.6 Å². The Morgan fingerprint density at radius 3 is 2.47 bits per heavy atom. The standard InChI is InChI=1S/C12H19N7/c1-5-8-15-9(6-2)19(17-8)12-10(11(13)14)7(3)16-18(12)4/h5-6H2,1-4H3,(H3,13,14). The number of hydrogen-bond donors (Lipinski definition) is 2. The van der Waals surface area contributed by atoms with Gasteiger partial charge in [-0.2, -0.15) is 9.78 Å². The van der Waals surface area contributed by atoms with Crippen molar-refractivity contribution >= 4 is 5.84 Å². The van der Waals surface area contributed by atoms with Crippen molar-refractivity contribution < 1.29 is 0 Å². The van der Waals surface area contributed by atoms with E-state index in [0.717, 1.165) is 30.2 Å². The monoisotopic (exact) mass is 261 g/mol. The van der Waals surface area contributed by atoms with Crippen molar-refractivity contribution in [1.29, 1.82) is 5.41 Å². The van der Waals surface area contributed by atoms with E-state index in [2.05, 4.69) is 15.2 Å². The highest BCUT2D eigenvalue weighted by atomic mass is 15.4. The van der Waals surface area contributed by atoms with Crippen LogP contribution in [-0.2, 0) is 19.9 Å². The minimum atomic E-state index is -0.00352. The zero-order chi connectivity index (χ0) is 14.2. The highest BCUT2D eigenvalue weighted by molar-refractivity contribution is 5.99. The Labute approximate surface area is 112 Å². The summed E-state index contributed by atoms with van der Waals surface area (Å²) in [6.07, 6.45) is 1.53. The van der Waals surface area contributed by atoms with Gasteiger partial charge >= 0.3 is 0 Å². The van der Waals surface area contributed by atoms with E-state index < -0.39 is 0 Å². The number of rotatable bonds is 4. The number of aryl methyl sites for hydroxylation is 4. The zero-order valence-corrected chi connectivity index (χ0v) is 11.7. The molecule has 0 aromatic carbocycles. The molecule has 0 saturated carbocycles. The van der Waals surface area contributed by atoms with Crippen molar-refractivity contribution in [1.82, 2.24) is 24.5 Å². The molecule has 0 aliphatic heterocycles. The molecule has 0 bridgehead atoms. The molecular weight excluding hydrogens is 242 g/mol. The molecule has 2 rings (SSSR count). The maximum Gasteiger partial charge on any atom is 0.165 e. The molecule has 0 radical (unpaired) electrons. The summed E-state index contributed by atoms with van der Waals surface area (Å²) in [5.41, 5.74) is 7.00. The van der Waals surface area contributed by atoms with Crippen LogP contribution in [0.4, 0.5) is 0 Å². The van der Waals surface area contributed by atoms with Crippen LogP contribution in [0.2, 0.25) is 0 Å². The van der Waals surface area contributed by atoms with Gasteiger partial charge in [0.05, 0.1) is 11.3 Å². The molecule has 7 heteroatoms. The third kappa shape index (κ3) is 2.11. The highest BCUT2D eigenvalue weighted by Crippen LogP contribution is 2.18. The van der Waals surface area contributed by atoms with Crippen LogP contribution in [0.3, 0.4) is 0 Å². The molecule has 0 fully saturated rings. The molecule has 19 heavy (non-hydrogen) atoms. The number of nitrogens with zero attached hydrogens (tertiary/aromatic N) is 5. The predicted molar refractivity (Wildman–Crippen MR) is 72.6 cm³/mol. The van der Waals surface area contributed by atoms with E-state index in [0.29, 0.717) is 11.4 Å². The van der Waals surface area contributed by atoms with E-state index in [9.17, 15) is 0 Å². The second-order valence-corrected chi connectivity index (χ2v) is 4.38. The van der Waals surface area contributed by atoms with Crippen LogP contribution in [0.5, 0.6) is 0 Å². The lowest BCUT2D eigenvalue weighted by Gasteiger charge is -2.07. The molecule has 2 heterocycles. The average Bonchev–Trinajstić information content (AvgIpc) is 2.88. The van der Waals surface area contributed by atoms with Crippen LogP contribution in [0.25, 0.3) is 5.82 Å². The fraction of sp³-hybridized carbons (Fsp3) is 0.500. The fourth-order valence-corrected chi connectivity index (χ4v) is 2.14. The van der Waals surface area contributed by atoms with E-state index >= 15 is 0 Å². The molecule has 3 N–H and O–H groups in total. The van der Waals surface area contributed by atoms with Crippen LogP contribution >= 0.6 is 0 Å². The quantitative estimate of drug-likeness (QED) is 0.625. The summed E-state index contributed by atoms with van der Waals surface area (Å²) >= 11 is 0. The smallest absolute Gasteiger partial charge is 0.165 e. The van der Waals surface area contributed by atoms with Gasteiger partial charge in [-0.25, -0.2) is 9.67 Å². The zero-order valence-electron chi connectivity index (χ0n) is 11.7. The van der Waals surface area contributed by atoms with Gasteiger partial charge in [-0.15, -0.1) is 5.10 Å². The number of nitrogens with two attached hydrogens (primary N) is 1. The van der Waals surface area contributed by atoms with Crippen LogP contribution in [0.15, 0.2) is 0 Å². The van der Waals surface area contributed by atoms with Gasteiger partial charge in [-0.3, -0.25) is 5.41 Å². The summed E-state index contributed by atoms with van der Waals surface area (Å²) in [7, 11) is 1.82. The van der Waals surface area contributed by atoms with Gasteiger partial charge in [0.1, 0.15) is 11.7 Å². The summed E-state index contributed by atoms with van der Waals surface area (Å²) in [5, 5.41) is 16.5. The molecular formula is C12H19N7. The van der Waals surface area contributed by atoms with Crippen LogP contribution < -0.4 is 5.73 Å². The first kappa shape index (κ1) is 13.3. The van der Waals surface area contributed by atoms with Crippen LogP contribution in [-0.4, -0.2) is 30.4 Å².